The highest BCUT2D eigenvalue weighted by Gasteiger charge is 2.31. The van der Waals surface area contributed by atoms with E-state index in [4.69, 9.17) is 4.42 Å². The van der Waals surface area contributed by atoms with E-state index in [9.17, 15) is 0 Å². The molecule has 3 heteroatoms. The minimum atomic E-state index is 0.427. The predicted octanol–water partition coefficient (Wildman–Crippen LogP) is 5.85. The van der Waals surface area contributed by atoms with Crippen molar-refractivity contribution in [1.82, 2.24) is 4.98 Å². The zero-order valence-electron chi connectivity index (χ0n) is 15.7. The molecule has 25 heavy (non-hydrogen) atoms. The molecule has 4 rings (SSSR count). The second-order valence-electron chi connectivity index (χ2n) is 7.53. The molecular weight excluding hydrogens is 308 g/mol. The van der Waals surface area contributed by atoms with E-state index in [1.807, 2.05) is 0 Å². The first-order valence-electron chi connectivity index (χ1n) is 9.29. The van der Waals surface area contributed by atoms with Gasteiger partial charge in [0.15, 0.2) is 5.58 Å². The molecule has 3 aromatic rings. The minimum Gasteiger partial charge on any atom is -0.435 e. The summed E-state index contributed by atoms with van der Waals surface area (Å²) in [6.07, 6.45) is 5.49. The van der Waals surface area contributed by atoms with E-state index in [1.54, 1.807) is 0 Å². The molecule has 0 saturated carbocycles. The number of fused-ring (bicyclic) bond motifs is 3. The third-order valence-electron chi connectivity index (χ3n) is 5.60. The van der Waals surface area contributed by atoms with Crippen LogP contribution >= 0.6 is 0 Å². The lowest BCUT2D eigenvalue weighted by Gasteiger charge is -2.29. The van der Waals surface area contributed by atoms with Crippen molar-refractivity contribution in [2.24, 2.45) is 11.8 Å². The van der Waals surface area contributed by atoms with Gasteiger partial charge in [-0.25, -0.2) is 4.98 Å². The first kappa shape index (κ1) is 16.2. The highest BCUT2D eigenvalue weighted by Crippen LogP contribution is 2.41. The van der Waals surface area contributed by atoms with Crippen molar-refractivity contribution in [2.75, 3.05) is 4.90 Å². The van der Waals surface area contributed by atoms with Gasteiger partial charge in [-0.3, -0.25) is 0 Å². The molecule has 3 nitrogen and oxygen atoms in total. The molecule has 1 aromatic carbocycles. The fourth-order valence-electron chi connectivity index (χ4n) is 4.09. The maximum Gasteiger partial charge on any atom is 0.227 e. The Kier molecular flexibility index (Phi) is 3.82. The minimum absolute atomic E-state index is 0.427. The van der Waals surface area contributed by atoms with Crippen molar-refractivity contribution in [2.45, 2.75) is 47.1 Å². The zero-order valence-corrected chi connectivity index (χ0v) is 15.7. The van der Waals surface area contributed by atoms with Crippen LogP contribution in [0.15, 0.2) is 41.0 Å². The van der Waals surface area contributed by atoms with Gasteiger partial charge in [0.05, 0.1) is 5.69 Å². The van der Waals surface area contributed by atoms with Crippen LogP contribution in [-0.2, 0) is 6.42 Å². The van der Waals surface area contributed by atoms with Gasteiger partial charge in [0.2, 0.25) is 5.71 Å². The Balaban J connectivity index is 1.92. The maximum absolute atomic E-state index is 6.28. The number of aromatic nitrogens is 1. The Bertz CT molecular complexity index is 967. The van der Waals surface area contributed by atoms with Crippen molar-refractivity contribution in [1.29, 1.82) is 0 Å². The molecule has 1 aliphatic heterocycles. The van der Waals surface area contributed by atoms with Crippen LogP contribution in [0, 0.1) is 18.8 Å². The number of anilines is 1. The maximum atomic E-state index is 6.28. The first-order valence-corrected chi connectivity index (χ1v) is 9.29. The Morgan fingerprint density at radius 1 is 1.16 bits per heavy atom. The second kappa shape index (κ2) is 5.91. The smallest absolute Gasteiger partial charge is 0.227 e. The molecule has 0 N–H and O–H groups in total. The lowest BCUT2D eigenvalue weighted by Crippen LogP contribution is -2.31. The summed E-state index contributed by atoms with van der Waals surface area (Å²) in [6.45, 7) is 11.2. The fourth-order valence-corrected chi connectivity index (χ4v) is 4.09. The van der Waals surface area contributed by atoms with Crippen LogP contribution < -0.4 is 4.90 Å². The number of hydrogen-bond acceptors (Lipinski definition) is 3. The van der Waals surface area contributed by atoms with Crippen LogP contribution in [0.5, 0.6) is 0 Å². The topological polar surface area (TPSA) is 29.3 Å². The molecule has 0 radical (unpaired) electrons. The molecule has 1 unspecified atom stereocenters. The molecule has 3 heterocycles. The van der Waals surface area contributed by atoms with Gasteiger partial charge < -0.3 is 9.32 Å². The van der Waals surface area contributed by atoms with Gasteiger partial charge in [-0.1, -0.05) is 39.0 Å². The second-order valence-corrected chi connectivity index (χ2v) is 7.53. The van der Waals surface area contributed by atoms with Crippen LogP contribution in [0.4, 0.5) is 5.69 Å². The van der Waals surface area contributed by atoms with E-state index in [2.05, 4.69) is 81.0 Å². The number of hydrogen-bond donors (Lipinski definition) is 0. The van der Waals surface area contributed by atoms with Gasteiger partial charge in [-0.2, -0.15) is 0 Å². The summed E-state index contributed by atoms with van der Waals surface area (Å²) in [6, 6.07) is 9.04. The van der Waals surface area contributed by atoms with Crippen LogP contribution in [0.2, 0.25) is 0 Å². The number of nitrogens with zero attached hydrogens (tertiary/aromatic N) is 2. The number of pyridine rings is 1. The molecule has 2 atom stereocenters. The van der Waals surface area contributed by atoms with Gasteiger partial charge in [-0.05, 0) is 43.9 Å². The van der Waals surface area contributed by atoms with E-state index in [-0.39, 0.29) is 0 Å². The largest absolute Gasteiger partial charge is 0.435 e. The van der Waals surface area contributed by atoms with E-state index in [0.717, 1.165) is 34.2 Å². The van der Waals surface area contributed by atoms with E-state index >= 15 is 0 Å². The fraction of sp³-hybridized carbons (Fsp3) is 0.409. The lowest BCUT2D eigenvalue weighted by molar-refractivity contribution is 0.418. The molecule has 0 bridgehead atoms. The molecule has 0 saturated heterocycles. The number of benzene rings is 1. The van der Waals surface area contributed by atoms with Crippen molar-refractivity contribution in [3.05, 3.63) is 47.8 Å². The summed E-state index contributed by atoms with van der Waals surface area (Å²) in [4.78, 5) is 7.07. The first-order chi connectivity index (χ1) is 12.0. The monoisotopic (exact) mass is 334 g/mol. The lowest BCUT2D eigenvalue weighted by atomic mass is 9.91. The number of furan rings is 1. The third kappa shape index (κ3) is 2.45. The average molecular weight is 334 g/mol. The SMILES string of the molecule is CCc1ccc2c(n1)oc1c(N3C=CC(C(C)C)[C@@H]3C)c(C)ccc12. The Morgan fingerprint density at radius 3 is 2.60 bits per heavy atom. The van der Waals surface area contributed by atoms with Gasteiger partial charge in [0, 0.05) is 34.6 Å². The Morgan fingerprint density at radius 2 is 1.92 bits per heavy atom. The van der Waals surface area contributed by atoms with Crippen molar-refractivity contribution >= 4 is 27.8 Å². The van der Waals surface area contributed by atoms with Crippen LogP contribution in [0.25, 0.3) is 22.1 Å². The van der Waals surface area contributed by atoms with Crippen LogP contribution in [0.1, 0.15) is 39.0 Å². The van der Waals surface area contributed by atoms with Gasteiger partial charge in [0.25, 0.3) is 0 Å². The molecule has 0 aliphatic carbocycles. The summed E-state index contributed by atoms with van der Waals surface area (Å²) in [5, 5.41) is 2.25. The highest BCUT2D eigenvalue weighted by atomic mass is 16.3. The average Bonchev–Trinajstić information content (AvgIpc) is 3.14. The zero-order chi connectivity index (χ0) is 17.7. The molecule has 0 fully saturated rings. The van der Waals surface area contributed by atoms with E-state index in [1.165, 1.54) is 11.3 Å². The number of rotatable bonds is 3. The molecule has 0 spiro atoms. The van der Waals surface area contributed by atoms with Crippen molar-refractivity contribution in [3.63, 3.8) is 0 Å². The van der Waals surface area contributed by atoms with Crippen LogP contribution in [-0.4, -0.2) is 11.0 Å². The van der Waals surface area contributed by atoms with Gasteiger partial charge >= 0.3 is 0 Å². The highest BCUT2D eigenvalue weighted by molar-refractivity contribution is 6.08. The number of aryl methyl sites for hydroxylation is 2. The quantitative estimate of drug-likeness (QED) is 0.602. The molecule has 0 amide bonds. The Hall–Kier alpha value is -2.29. The Labute approximate surface area is 149 Å². The molecular formula is C22H26N2O. The molecule has 2 aromatic heterocycles. The third-order valence-corrected chi connectivity index (χ3v) is 5.60. The van der Waals surface area contributed by atoms with E-state index in [0.29, 0.717) is 17.9 Å². The molecule has 130 valence electrons. The summed E-state index contributed by atoms with van der Waals surface area (Å²) in [7, 11) is 0. The van der Waals surface area contributed by atoms with Crippen LogP contribution in [0.3, 0.4) is 0 Å². The molecule has 1 aliphatic rings. The summed E-state index contributed by atoms with van der Waals surface area (Å²) >= 11 is 0. The summed E-state index contributed by atoms with van der Waals surface area (Å²) in [5.74, 6) is 1.18. The normalized spacial score (nSPS) is 20.5. The predicted molar refractivity (Wildman–Crippen MR) is 105 cm³/mol. The standard InChI is InChI=1S/C22H26N2O/c1-6-16-8-10-19-18-9-7-14(4)20(21(18)25-22(19)23-16)24-12-11-17(13(2)3)15(24)5/h7-13,15,17H,6H2,1-5H3/t15-,17?/m0/s1. The van der Waals surface area contributed by atoms with Gasteiger partial charge in [-0.15, -0.1) is 0 Å². The summed E-state index contributed by atoms with van der Waals surface area (Å²) < 4.78 is 6.28. The summed E-state index contributed by atoms with van der Waals surface area (Å²) in [5.41, 5.74) is 5.19. The van der Waals surface area contributed by atoms with E-state index < -0.39 is 0 Å². The van der Waals surface area contributed by atoms with Gasteiger partial charge in [0.1, 0.15) is 0 Å². The van der Waals surface area contributed by atoms with Crippen molar-refractivity contribution < 1.29 is 4.42 Å². The van der Waals surface area contributed by atoms with Crippen molar-refractivity contribution in [3.8, 4) is 0 Å².